The zero-order chi connectivity index (χ0) is 16.4. The summed E-state index contributed by atoms with van der Waals surface area (Å²) in [6.07, 6.45) is 8.98. The molecule has 1 saturated heterocycles. The number of hydrogen-bond acceptors (Lipinski definition) is 3. The van der Waals surface area contributed by atoms with Gasteiger partial charge in [-0.2, -0.15) is 0 Å². The number of likely N-dealkylation sites (tertiary alicyclic amines) is 1. The van der Waals surface area contributed by atoms with Gasteiger partial charge in [-0.3, -0.25) is 9.59 Å². The molecule has 0 radical (unpaired) electrons. The van der Waals surface area contributed by atoms with Gasteiger partial charge in [-0.25, -0.2) is 0 Å². The molecular formula is C18H27N3O2. The topological polar surface area (TPSA) is 54.3 Å². The van der Waals surface area contributed by atoms with Crippen LogP contribution in [0, 0.1) is 6.92 Å². The zero-order valence-corrected chi connectivity index (χ0v) is 14.2. The average molecular weight is 317 g/mol. The monoisotopic (exact) mass is 317 g/mol. The molecule has 1 aromatic rings. The van der Waals surface area contributed by atoms with Crippen molar-refractivity contribution in [3.05, 3.63) is 33.7 Å². The molecular weight excluding hydrogens is 290 g/mol. The van der Waals surface area contributed by atoms with Gasteiger partial charge in [-0.1, -0.05) is 12.8 Å². The lowest BCUT2D eigenvalue weighted by Crippen LogP contribution is -2.48. The Morgan fingerprint density at radius 3 is 2.48 bits per heavy atom. The summed E-state index contributed by atoms with van der Waals surface area (Å²) in [5.74, 6) is -0.232. The molecule has 5 nitrogen and oxygen atoms in total. The van der Waals surface area contributed by atoms with Crippen molar-refractivity contribution < 1.29 is 4.79 Å². The molecule has 2 aliphatic rings. The molecule has 2 fully saturated rings. The van der Waals surface area contributed by atoms with E-state index in [9.17, 15) is 9.59 Å². The number of piperidine rings is 1. The summed E-state index contributed by atoms with van der Waals surface area (Å²) in [5, 5.41) is 3.05. The van der Waals surface area contributed by atoms with Crippen LogP contribution in [0.5, 0.6) is 0 Å². The normalized spacial score (nSPS) is 20.8. The second-order valence-electron chi connectivity index (χ2n) is 7.03. The number of hydrogen-bond donors (Lipinski definition) is 1. The van der Waals surface area contributed by atoms with Crippen molar-refractivity contribution in [2.24, 2.45) is 7.05 Å². The fourth-order valence-electron chi connectivity index (χ4n) is 3.84. The van der Waals surface area contributed by atoms with E-state index >= 15 is 0 Å². The van der Waals surface area contributed by atoms with Gasteiger partial charge in [0.2, 0.25) is 0 Å². The predicted molar refractivity (Wildman–Crippen MR) is 90.7 cm³/mol. The van der Waals surface area contributed by atoms with Crippen LogP contribution in [0.3, 0.4) is 0 Å². The molecule has 126 valence electrons. The number of carbonyl (C=O) groups is 1. The van der Waals surface area contributed by atoms with Crippen molar-refractivity contribution in [2.75, 3.05) is 13.1 Å². The molecule has 0 spiro atoms. The summed E-state index contributed by atoms with van der Waals surface area (Å²) >= 11 is 0. The number of rotatable bonds is 3. The van der Waals surface area contributed by atoms with Crippen LogP contribution < -0.4 is 10.7 Å². The van der Waals surface area contributed by atoms with E-state index in [0.717, 1.165) is 37.7 Å². The first-order valence-corrected chi connectivity index (χ1v) is 8.77. The van der Waals surface area contributed by atoms with E-state index < -0.39 is 0 Å². The second kappa shape index (κ2) is 6.87. The van der Waals surface area contributed by atoms with Crippen LogP contribution in [0.2, 0.25) is 0 Å². The molecule has 1 N–H and O–H groups in total. The third kappa shape index (κ3) is 3.66. The standard InChI is InChI=1S/C18H27N3O2/c1-13-11-17(22)16(12-20(13)2)18(23)19-14-7-9-21(10-8-14)15-5-3-4-6-15/h11-12,14-15H,3-10H2,1-2H3,(H,19,23). The predicted octanol–water partition coefficient (Wildman–Crippen LogP) is 1.83. The average Bonchev–Trinajstić information content (AvgIpc) is 3.06. The van der Waals surface area contributed by atoms with Gasteiger partial charge in [0.1, 0.15) is 5.56 Å². The highest BCUT2D eigenvalue weighted by atomic mass is 16.2. The summed E-state index contributed by atoms with van der Waals surface area (Å²) in [6, 6.07) is 2.47. The number of nitrogens with zero attached hydrogens (tertiary/aromatic N) is 2. The van der Waals surface area contributed by atoms with Gasteiger partial charge in [-0.15, -0.1) is 0 Å². The van der Waals surface area contributed by atoms with Crippen molar-refractivity contribution in [1.82, 2.24) is 14.8 Å². The van der Waals surface area contributed by atoms with Crippen LogP contribution in [-0.2, 0) is 7.05 Å². The number of amides is 1. The molecule has 0 aromatic carbocycles. The summed E-state index contributed by atoms with van der Waals surface area (Å²) < 4.78 is 1.82. The molecule has 1 amide bonds. The van der Waals surface area contributed by atoms with Gasteiger partial charge in [0.05, 0.1) is 0 Å². The Morgan fingerprint density at radius 2 is 1.83 bits per heavy atom. The Morgan fingerprint density at radius 1 is 1.17 bits per heavy atom. The van der Waals surface area contributed by atoms with Crippen LogP contribution in [0.1, 0.15) is 54.6 Å². The maximum atomic E-state index is 12.4. The van der Waals surface area contributed by atoms with Crippen LogP contribution in [0.25, 0.3) is 0 Å². The number of aryl methyl sites for hydroxylation is 2. The molecule has 0 atom stereocenters. The third-order valence-electron chi connectivity index (χ3n) is 5.44. The lowest BCUT2D eigenvalue weighted by atomic mass is 10.0. The number of carbonyl (C=O) groups excluding carboxylic acids is 1. The fourth-order valence-corrected chi connectivity index (χ4v) is 3.84. The lowest BCUT2D eigenvalue weighted by Gasteiger charge is -2.36. The van der Waals surface area contributed by atoms with E-state index in [0.29, 0.717) is 0 Å². The quantitative estimate of drug-likeness (QED) is 0.925. The maximum Gasteiger partial charge on any atom is 0.256 e. The molecule has 1 aliphatic heterocycles. The van der Waals surface area contributed by atoms with Gasteiger partial charge in [-0.05, 0) is 32.6 Å². The summed E-state index contributed by atoms with van der Waals surface area (Å²) in [6.45, 7) is 3.98. The van der Waals surface area contributed by atoms with E-state index in [1.165, 1.54) is 31.7 Å². The summed E-state index contributed by atoms with van der Waals surface area (Å²) in [4.78, 5) is 27.0. The number of aromatic nitrogens is 1. The van der Waals surface area contributed by atoms with E-state index in [2.05, 4.69) is 10.2 Å². The van der Waals surface area contributed by atoms with Crippen LogP contribution >= 0.6 is 0 Å². The Hall–Kier alpha value is -1.62. The van der Waals surface area contributed by atoms with Gasteiger partial charge < -0.3 is 14.8 Å². The third-order valence-corrected chi connectivity index (χ3v) is 5.44. The largest absolute Gasteiger partial charge is 0.354 e. The molecule has 3 rings (SSSR count). The zero-order valence-electron chi connectivity index (χ0n) is 14.2. The number of nitrogens with one attached hydrogen (secondary N) is 1. The van der Waals surface area contributed by atoms with Gasteiger partial charge in [0.25, 0.3) is 5.91 Å². The molecule has 1 aliphatic carbocycles. The van der Waals surface area contributed by atoms with E-state index in [4.69, 9.17) is 0 Å². The van der Waals surface area contributed by atoms with Crippen molar-refractivity contribution in [3.63, 3.8) is 0 Å². The SMILES string of the molecule is Cc1cc(=O)c(C(=O)NC2CCN(C3CCCC3)CC2)cn1C. The van der Waals surface area contributed by atoms with E-state index in [1.807, 2.05) is 18.5 Å². The van der Waals surface area contributed by atoms with Crippen LogP contribution in [0.4, 0.5) is 0 Å². The van der Waals surface area contributed by atoms with Gasteiger partial charge in [0, 0.05) is 50.2 Å². The molecule has 1 saturated carbocycles. The van der Waals surface area contributed by atoms with Crippen molar-refractivity contribution in [1.29, 1.82) is 0 Å². The second-order valence-corrected chi connectivity index (χ2v) is 7.03. The van der Waals surface area contributed by atoms with Crippen molar-refractivity contribution in [3.8, 4) is 0 Å². The highest BCUT2D eigenvalue weighted by molar-refractivity contribution is 5.94. The molecule has 2 heterocycles. The molecule has 23 heavy (non-hydrogen) atoms. The minimum Gasteiger partial charge on any atom is -0.354 e. The molecule has 0 bridgehead atoms. The minimum atomic E-state index is -0.232. The Balaban J connectivity index is 1.57. The minimum absolute atomic E-state index is 0.186. The first kappa shape index (κ1) is 16.2. The highest BCUT2D eigenvalue weighted by Gasteiger charge is 2.28. The fraction of sp³-hybridized carbons (Fsp3) is 0.667. The number of pyridine rings is 1. The van der Waals surface area contributed by atoms with E-state index in [1.54, 1.807) is 6.20 Å². The Labute approximate surface area is 137 Å². The van der Waals surface area contributed by atoms with Crippen molar-refractivity contribution in [2.45, 2.75) is 57.5 Å². The first-order valence-electron chi connectivity index (χ1n) is 8.77. The van der Waals surface area contributed by atoms with Gasteiger partial charge >= 0.3 is 0 Å². The van der Waals surface area contributed by atoms with Crippen molar-refractivity contribution >= 4 is 5.91 Å². The lowest BCUT2D eigenvalue weighted by molar-refractivity contribution is 0.0890. The Kier molecular flexibility index (Phi) is 4.85. The maximum absolute atomic E-state index is 12.4. The van der Waals surface area contributed by atoms with Crippen LogP contribution in [0.15, 0.2) is 17.1 Å². The highest BCUT2D eigenvalue weighted by Crippen LogP contribution is 2.26. The molecule has 5 heteroatoms. The van der Waals surface area contributed by atoms with Gasteiger partial charge in [0.15, 0.2) is 5.43 Å². The smallest absolute Gasteiger partial charge is 0.256 e. The van der Waals surface area contributed by atoms with E-state index in [-0.39, 0.29) is 22.9 Å². The molecule has 1 aromatic heterocycles. The summed E-state index contributed by atoms with van der Waals surface area (Å²) in [7, 11) is 1.85. The first-order chi connectivity index (χ1) is 11.0. The molecule has 0 unspecified atom stereocenters. The Bertz CT molecular complexity index is 624. The summed E-state index contributed by atoms with van der Waals surface area (Å²) in [5.41, 5.74) is 0.911. The van der Waals surface area contributed by atoms with Crippen LogP contribution in [-0.4, -0.2) is 40.5 Å².